The van der Waals surface area contributed by atoms with E-state index in [4.69, 9.17) is 14.7 Å². The second kappa shape index (κ2) is 11.8. The molecule has 1 saturated carbocycles. The van der Waals surface area contributed by atoms with Crippen LogP contribution in [0.1, 0.15) is 89.2 Å². The van der Waals surface area contributed by atoms with Gasteiger partial charge in [0.25, 0.3) is 0 Å². The van der Waals surface area contributed by atoms with E-state index in [1.165, 1.54) is 22.7 Å². The van der Waals surface area contributed by atoms with Crippen molar-refractivity contribution in [3.05, 3.63) is 146 Å². The van der Waals surface area contributed by atoms with Crippen molar-refractivity contribution in [2.75, 3.05) is 0 Å². The van der Waals surface area contributed by atoms with E-state index in [2.05, 4.69) is 24.3 Å². The number of carbonyl (C=O) groups excluding carboxylic acids is 4. The lowest BCUT2D eigenvalue weighted by molar-refractivity contribution is 0.0168. The SMILES string of the molecule is O=C1C(=Cc2nc3c(s2)-c2sc(C=C4C(=O)c5cc6cc7ccccc7cc6cc5C4=O)nc2C2(CCCCC2)O3)C(=O)c2cc3cc4ccccc4cc3cc21. The molecular weight excluding hydrogens is 749 g/mol. The number of allylic oxidation sites excluding steroid dienone is 2. The molecule has 0 unspecified atom stereocenters. The third kappa shape index (κ3) is 4.82. The summed E-state index contributed by atoms with van der Waals surface area (Å²) in [4.78, 5) is 67.0. The molecule has 1 fully saturated rings. The summed E-state index contributed by atoms with van der Waals surface area (Å²) in [5.41, 5.74) is 1.89. The fourth-order valence-electron chi connectivity index (χ4n) is 9.18. The van der Waals surface area contributed by atoms with Gasteiger partial charge in [-0.1, -0.05) is 55.0 Å². The third-order valence-electron chi connectivity index (χ3n) is 12.0. The van der Waals surface area contributed by atoms with Crippen molar-refractivity contribution < 1.29 is 23.9 Å². The summed E-state index contributed by atoms with van der Waals surface area (Å²) in [6.45, 7) is 0. The Balaban J connectivity index is 0.923. The molecule has 1 aliphatic heterocycles. The van der Waals surface area contributed by atoms with Gasteiger partial charge in [-0.15, -0.1) is 22.7 Å². The summed E-state index contributed by atoms with van der Waals surface area (Å²) in [6, 6.07) is 31.6. The van der Waals surface area contributed by atoms with E-state index in [1.807, 2.05) is 72.8 Å². The zero-order valence-corrected chi connectivity index (χ0v) is 31.8. The highest BCUT2D eigenvalue weighted by atomic mass is 32.1. The lowest BCUT2D eigenvalue weighted by Crippen LogP contribution is -2.38. The smallest absolute Gasteiger partial charge is 0.235 e. The summed E-state index contributed by atoms with van der Waals surface area (Å²) in [6.07, 6.45) is 7.75. The number of thiazole rings is 2. The molecule has 7 nitrogen and oxygen atoms in total. The Hall–Kier alpha value is -6.42. The molecule has 57 heavy (non-hydrogen) atoms. The van der Waals surface area contributed by atoms with Crippen LogP contribution in [0.15, 0.2) is 108 Å². The average molecular weight is 777 g/mol. The van der Waals surface area contributed by atoms with Crippen molar-refractivity contribution in [3.63, 3.8) is 0 Å². The third-order valence-corrected chi connectivity index (χ3v) is 14.2. The van der Waals surface area contributed by atoms with Crippen LogP contribution in [0.2, 0.25) is 0 Å². The van der Waals surface area contributed by atoms with Gasteiger partial charge < -0.3 is 4.74 Å². The van der Waals surface area contributed by atoms with Gasteiger partial charge in [-0.25, -0.2) is 9.97 Å². The van der Waals surface area contributed by atoms with Crippen molar-refractivity contribution >= 4 is 101 Å². The molecule has 0 N–H and O–H groups in total. The monoisotopic (exact) mass is 776 g/mol. The number of nitrogens with zero attached hydrogens (tertiary/aromatic N) is 2. The normalized spacial score (nSPS) is 16.8. The van der Waals surface area contributed by atoms with Crippen LogP contribution in [0.25, 0.3) is 65.0 Å². The van der Waals surface area contributed by atoms with Gasteiger partial charge in [-0.2, -0.15) is 0 Å². The van der Waals surface area contributed by atoms with Crippen LogP contribution in [0.4, 0.5) is 0 Å². The first-order chi connectivity index (χ1) is 27.8. The molecule has 12 rings (SSSR count). The maximum atomic E-state index is 13.9. The van der Waals surface area contributed by atoms with Crippen molar-refractivity contribution in [3.8, 4) is 15.6 Å². The van der Waals surface area contributed by atoms with E-state index in [0.29, 0.717) is 38.1 Å². The summed E-state index contributed by atoms with van der Waals surface area (Å²) in [5, 5.41) is 8.94. The van der Waals surface area contributed by atoms with Gasteiger partial charge >= 0.3 is 0 Å². The predicted octanol–water partition coefficient (Wildman–Crippen LogP) is 11.4. The zero-order chi connectivity index (χ0) is 38.2. The lowest BCUT2D eigenvalue weighted by atomic mass is 9.80. The Morgan fingerprint density at radius 2 is 0.895 bits per heavy atom. The van der Waals surface area contributed by atoms with Gasteiger partial charge in [-0.3, -0.25) is 19.2 Å². The summed E-state index contributed by atoms with van der Waals surface area (Å²) in [5.74, 6) is -0.784. The maximum absolute atomic E-state index is 13.9. The molecule has 3 aliphatic carbocycles. The largest absolute Gasteiger partial charge is 0.463 e. The lowest BCUT2D eigenvalue weighted by Gasteiger charge is -2.38. The Morgan fingerprint density at radius 1 is 0.491 bits per heavy atom. The molecule has 8 aromatic rings. The second-order valence-corrected chi connectivity index (χ2v) is 17.5. The van der Waals surface area contributed by atoms with Gasteiger partial charge in [0.1, 0.15) is 20.6 Å². The first kappa shape index (κ1) is 32.8. The van der Waals surface area contributed by atoms with Crippen LogP contribution in [0.5, 0.6) is 5.88 Å². The van der Waals surface area contributed by atoms with E-state index in [0.717, 1.165) is 90.6 Å². The van der Waals surface area contributed by atoms with Crippen molar-refractivity contribution in [1.82, 2.24) is 9.97 Å². The zero-order valence-electron chi connectivity index (χ0n) is 30.2. The van der Waals surface area contributed by atoms with Gasteiger partial charge in [0, 0.05) is 22.3 Å². The summed E-state index contributed by atoms with van der Waals surface area (Å²) < 4.78 is 6.78. The maximum Gasteiger partial charge on any atom is 0.235 e. The van der Waals surface area contributed by atoms with Crippen LogP contribution in [-0.2, 0) is 5.60 Å². The first-order valence-electron chi connectivity index (χ1n) is 19.1. The summed E-state index contributed by atoms with van der Waals surface area (Å²) >= 11 is 2.76. The highest BCUT2D eigenvalue weighted by molar-refractivity contribution is 7.23. The van der Waals surface area contributed by atoms with E-state index >= 15 is 0 Å². The minimum atomic E-state index is -0.697. The molecule has 0 radical (unpaired) electrons. The molecule has 4 aliphatic rings. The minimum Gasteiger partial charge on any atom is -0.463 e. The number of aromatic nitrogens is 2. The van der Waals surface area contributed by atoms with E-state index in [-0.39, 0.29) is 34.3 Å². The van der Waals surface area contributed by atoms with Crippen LogP contribution >= 0.6 is 22.7 Å². The molecule has 3 heterocycles. The molecule has 0 bridgehead atoms. The quantitative estimate of drug-likeness (QED) is 0.0978. The fraction of sp³-hybridized carbons (Fsp3) is 0.125. The van der Waals surface area contributed by atoms with E-state index < -0.39 is 5.60 Å². The highest BCUT2D eigenvalue weighted by Gasteiger charge is 2.47. The number of hydrogen-bond acceptors (Lipinski definition) is 9. The average Bonchev–Trinajstić information content (AvgIpc) is 3.96. The molecule has 6 aromatic carbocycles. The van der Waals surface area contributed by atoms with Crippen LogP contribution in [0, 0.1) is 0 Å². The van der Waals surface area contributed by atoms with Gasteiger partial charge in [0.2, 0.25) is 5.88 Å². The Bertz CT molecular complexity index is 3130. The van der Waals surface area contributed by atoms with Gasteiger partial charge in [-0.05, 0) is 129 Å². The first-order valence-corrected chi connectivity index (χ1v) is 20.7. The fourth-order valence-corrected chi connectivity index (χ4v) is 11.3. The van der Waals surface area contributed by atoms with E-state index in [1.54, 1.807) is 12.2 Å². The van der Waals surface area contributed by atoms with Crippen LogP contribution in [0.3, 0.4) is 0 Å². The number of hydrogen-bond donors (Lipinski definition) is 0. The molecule has 0 atom stereocenters. The Labute approximate surface area is 333 Å². The highest BCUT2D eigenvalue weighted by Crippen LogP contribution is 2.55. The number of ether oxygens (including phenoxy) is 1. The molecule has 272 valence electrons. The van der Waals surface area contributed by atoms with Crippen molar-refractivity contribution in [2.24, 2.45) is 0 Å². The topological polar surface area (TPSA) is 103 Å². The number of ketones is 4. The van der Waals surface area contributed by atoms with Crippen LogP contribution in [-0.4, -0.2) is 33.1 Å². The summed E-state index contributed by atoms with van der Waals surface area (Å²) in [7, 11) is 0. The van der Waals surface area contributed by atoms with Crippen LogP contribution < -0.4 is 4.74 Å². The van der Waals surface area contributed by atoms with Crippen molar-refractivity contribution in [1.29, 1.82) is 0 Å². The van der Waals surface area contributed by atoms with E-state index in [9.17, 15) is 19.2 Å². The molecule has 9 heteroatoms. The molecule has 0 saturated heterocycles. The number of carbonyl (C=O) groups is 4. The number of fused-ring (bicyclic) bond motifs is 10. The van der Waals surface area contributed by atoms with Gasteiger partial charge in [0.15, 0.2) is 28.7 Å². The Morgan fingerprint density at radius 3 is 1.33 bits per heavy atom. The molecule has 1 spiro atoms. The number of rotatable bonds is 2. The molecular formula is C48H28N2O5S2. The van der Waals surface area contributed by atoms with Gasteiger partial charge in [0.05, 0.1) is 16.0 Å². The standard InChI is InChI=1S/C48H28N2O5S2/c51-40-32-18-28-14-24-8-2-3-9-25(24)15-29(28)19-33(32)41(52)36(40)22-38-49-46-44(56-38)45-47(55-48(46)12-6-1-7-13-48)50-39(57-45)23-37-42(53)34-20-30-16-26-10-4-5-11-27(26)17-31(30)21-35(34)43(37)54/h2-5,8-11,14-23H,1,6-7,12-13H2. The van der Waals surface area contributed by atoms with Crippen molar-refractivity contribution in [2.45, 2.75) is 37.7 Å². The molecule has 0 amide bonds. The minimum absolute atomic E-state index is 0.0804. The number of Topliss-reactive ketones (excluding diaryl/α,β-unsaturated/α-hetero) is 4. The molecule has 2 aromatic heterocycles. The number of benzene rings is 6. The predicted molar refractivity (Wildman–Crippen MR) is 225 cm³/mol. The second-order valence-electron chi connectivity index (χ2n) is 15.4. The Kier molecular flexibility index (Phi) is 6.79.